The first-order valence-corrected chi connectivity index (χ1v) is 32.0. The summed E-state index contributed by atoms with van der Waals surface area (Å²) in [5, 5.41) is 54.6. The largest absolute Gasteiger partial charge is 0.394 e. The number of rotatable bonds is 55. The number of amides is 1. The van der Waals surface area contributed by atoms with Crippen LogP contribution >= 0.6 is 0 Å². The molecule has 7 atom stereocenters. The quantitative estimate of drug-likeness (QED) is 0.0261. The van der Waals surface area contributed by atoms with E-state index in [1.165, 1.54) is 225 Å². The fourth-order valence-corrected chi connectivity index (χ4v) is 9.99. The number of carbonyl (C=O) groups is 1. The van der Waals surface area contributed by atoms with Crippen LogP contribution in [0.5, 0.6) is 0 Å². The Labute approximate surface area is 462 Å². The first-order valence-electron chi connectivity index (χ1n) is 32.0. The molecule has 0 saturated carbocycles. The average molecular weight is 1060 g/mol. The number of nitrogens with one attached hydrogen (secondary N) is 1. The average Bonchev–Trinajstić information content (AvgIpc) is 3.41. The van der Waals surface area contributed by atoms with Crippen LogP contribution in [0, 0.1) is 0 Å². The Morgan fingerprint density at radius 2 is 0.800 bits per heavy atom. The van der Waals surface area contributed by atoms with E-state index < -0.39 is 49.5 Å². The van der Waals surface area contributed by atoms with E-state index in [2.05, 4.69) is 67.8 Å². The van der Waals surface area contributed by atoms with E-state index in [1.807, 2.05) is 6.08 Å². The second kappa shape index (κ2) is 55.2. The van der Waals surface area contributed by atoms with Gasteiger partial charge in [-0.3, -0.25) is 4.79 Å². The Balaban J connectivity index is 2.21. The normalized spacial score (nSPS) is 19.3. The van der Waals surface area contributed by atoms with Crippen LogP contribution in [0.25, 0.3) is 0 Å². The maximum Gasteiger partial charge on any atom is 0.220 e. The molecule has 7 unspecified atom stereocenters. The number of hydrogen-bond acceptors (Lipinski definition) is 8. The molecule has 6 N–H and O–H groups in total. The van der Waals surface area contributed by atoms with Gasteiger partial charge >= 0.3 is 0 Å². The van der Waals surface area contributed by atoms with E-state index in [9.17, 15) is 30.3 Å². The lowest BCUT2D eigenvalue weighted by Crippen LogP contribution is -2.60. The number of hydrogen-bond donors (Lipinski definition) is 6. The third-order valence-corrected chi connectivity index (χ3v) is 15.0. The topological polar surface area (TPSA) is 149 Å². The van der Waals surface area contributed by atoms with Gasteiger partial charge < -0.3 is 40.3 Å². The minimum absolute atomic E-state index is 0.189. The molecule has 0 aromatic carbocycles. The van der Waals surface area contributed by atoms with Crippen molar-refractivity contribution in [3.8, 4) is 0 Å². The molecule has 0 bridgehead atoms. The molecular weight excluding hydrogens is 935 g/mol. The molecule has 1 aliphatic heterocycles. The van der Waals surface area contributed by atoms with Crippen LogP contribution in [-0.4, -0.2) is 87.5 Å². The summed E-state index contributed by atoms with van der Waals surface area (Å²) < 4.78 is 11.3. The number of aliphatic hydroxyl groups excluding tert-OH is 5. The van der Waals surface area contributed by atoms with Crippen LogP contribution < -0.4 is 5.32 Å². The highest BCUT2D eigenvalue weighted by atomic mass is 16.7. The number of allylic oxidation sites excluding steroid dienone is 9. The zero-order chi connectivity index (χ0) is 54.3. The Hall–Kier alpha value is -2.11. The van der Waals surface area contributed by atoms with Crippen molar-refractivity contribution in [2.75, 3.05) is 13.2 Å². The highest BCUT2D eigenvalue weighted by molar-refractivity contribution is 5.76. The molecule has 1 heterocycles. The molecule has 0 aromatic heterocycles. The van der Waals surface area contributed by atoms with Crippen LogP contribution in [0.4, 0.5) is 0 Å². The lowest BCUT2D eigenvalue weighted by molar-refractivity contribution is -0.302. The zero-order valence-electron chi connectivity index (χ0n) is 48.8. The monoisotopic (exact) mass is 1060 g/mol. The molecular formula is C66H121NO8. The minimum atomic E-state index is -1.58. The molecule has 1 aliphatic rings. The summed E-state index contributed by atoms with van der Waals surface area (Å²) in [4.78, 5) is 13.1. The number of carbonyl (C=O) groups excluding carboxylic acids is 1. The summed E-state index contributed by atoms with van der Waals surface area (Å²) in [5.41, 5.74) is 0. The van der Waals surface area contributed by atoms with Crippen LogP contribution in [0.1, 0.15) is 296 Å². The Morgan fingerprint density at radius 1 is 0.453 bits per heavy atom. The lowest BCUT2D eigenvalue weighted by Gasteiger charge is -2.40. The maximum atomic E-state index is 13.1. The SMILES string of the molecule is CCCCCCC/C=C\C/C=C\CCCCCCCCCCCCCCCCCC(=O)NC(COC1OC(CO)C(O)C(O)C1O)C(O)/C=C/CC/C=C/CC/C=C/CCCCCCCCCCCCCCCCC. The summed E-state index contributed by atoms with van der Waals surface area (Å²) in [7, 11) is 0. The highest BCUT2D eigenvalue weighted by Crippen LogP contribution is 2.23. The van der Waals surface area contributed by atoms with E-state index in [-0.39, 0.29) is 12.5 Å². The molecule has 9 heteroatoms. The Bertz CT molecular complexity index is 1360. The third-order valence-electron chi connectivity index (χ3n) is 15.0. The van der Waals surface area contributed by atoms with E-state index >= 15 is 0 Å². The maximum absolute atomic E-state index is 13.1. The fourth-order valence-electron chi connectivity index (χ4n) is 9.99. The molecule has 1 rings (SSSR count). The van der Waals surface area contributed by atoms with Gasteiger partial charge in [0.2, 0.25) is 5.91 Å². The predicted octanol–water partition coefficient (Wildman–Crippen LogP) is 16.6. The summed E-state index contributed by atoms with van der Waals surface area (Å²) >= 11 is 0. The molecule has 0 aliphatic carbocycles. The molecule has 0 aromatic rings. The molecule has 9 nitrogen and oxygen atoms in total. The van der Waals surface area contributed by atoms with Crippen molar-refractivity contribution in [2.24, 2.45) is 0 Å². The Morgan fingerprint density at radius 3 is 1.20 bits per heavy atom. The molecule has 75 heavy (non-hydrogen) atoms. The van der Waals surface area contributed by atoms with Crippen molar-refractivity contribution in [1.29, 1.82) is 0 Å². The fraction of sp³-hybridized carbons (Fsp3) is 0.833. The van der Waals surface area contributed by atoms with Crippen molar-refractivity contribution >= 4 is 5.91 Å². The third kappa shape index (κ3) is 44.4. The van der Waals surface area contributed by atoms with Gasteiger partial charge in [0.1, 0.15) is 24.4 Å². The molecule has 0 radical (unpaired) electrons. The van der Waals surface area contributed by atoms with Crippen molar-refractivity contribution in [3.05, 3.63) is 60.8 Å². The molecule has 1 fully saturated rings. The standard InChI is InChI=1S/C66H121NO8/c1-3-5-7-9-11-13-15-17-19-21-23-25-27-29-30-32-34-36-38-40-42-44-46-48-50-52-54-56-62(70)67-59(58-74-66-65(73)64(72)63(71)61(57-68)75-66)60(69)55-53-51-49-47-45-43-41-39-37-35-33-31-28-26-24-22-20-18-16-14-12-10-8-6-4-2/h15,17,21,23,37,39,45,47,53,55,59-61,63-66,68-69,71-73H,3-14,16,18-20,22,24-36,38,40-44,46,48-52,54,56-58H2,1-2H3,(H,67,70)/b17-15-,23-21-,39-37+,47-45+,55-53+. The van der Waals surface area contributed by atoms with Gasteiger partial charge in [-0.15, -0.1) is 0 Å². The zero-order valence-corrected chi connectivity index (χ0v) is 48.8. The van der Waals surface area contributed by atoms with Gasteiger partial charge in [0.15, 0.2) is 6.29 Å². The van der Waals surface area contributed by atoms with Crippen molar-refractivity contribution < 1.29 is 39.8 Å². The molecule has 0 spiro atoms. The summed E-state index contributed by atoms with van der Waals surface area (Å²) in [6, 6.07) is -0.831. The minimum Gasteiger partial charge on any atom is -0.394 e. The van der Waals surface area contributed by atoms with E-state index in [4.69, 9.17) is 9.47 Å². The van der Waals surface area contributed by atoms with Gasteiger partial charge in [-0.05, 0) is 77.0 Å². The number of unbranched alkanes of at least 4 members (excludes halogenated alkanes) is 37. The second-order valence-electron chi connectivity index (χ2n) is 22.2. The molecule has 438 valence electrons. The van der Waals surface area contributed by atoms with Gasteiger partial charge in [0.05, 0.1) is 25.4 Å². The first-order chi connectivity index (χ1) is 36.8. The number of aliphatic hydroxyl groups is 5. The highest BCUT2D eigenvalue weighted by Gasteiger charge is 2.44. The first kappa shape index (κ1) is 70.9. The summed E-state index contributed by atoms with van der Waals surface area (Å²) in [6.45, 7) is 3.78. The van der Waals surface area contributed by atoms with Gasteiger partial charge in [-0.25, -0.2) is 0 Å². The van der Waals surface area contributed by atoms with Gasteiger partial charge in [-0.2, -0.15) is 0 Å². The van der Waals surface area contributed by atoms with Crippen LogP contribution in [-0.2, 0) is 14.3 Å². The van der Waals surface area contributed by atoms with Crippen molar-refractivity contribution in [1.82, 2.24) is 5.32 Å². The molecule has 1 saturated heterocycles. The van der Waals surface area contributed by atoms with Gasteiger partial charge in [-0.1, -0.05) is 274 Å². The van der Waals surface area contributed by atoms with Crippen LogP contribution in [0.15, 0.2) is 60.8 Å². The van der Waals surface area contributed by atoms with Gasteiger partial charge in [0, 0.05) is 6.42 Å². The van der Waals surface area contributed by atoms with Crippen molar-refractivity contribution in [2.45, 2.75) is 339 Å². The van der Waals surface area contributed by atoms with E-state index in [0.29, 0.717) is 6.42 Å². The lowest BCUT2D eigenvalue weighted by atomic mass is 9.99. The van der Waals surface area contributed by atoms with Crippen LogP contribution in [0.3, 0.4) is 0 Å². The predicted molar refractivity (Wildman–Crippen MR) is 318 cm³/mol. The Kier molecular flexibility index (Phi) is 52.2. The molecule has 1 amide bonds. The van der Waals surface area contributed by atoms with Gasteiger partial charge in [0.25, 0.3) is 0 Å². The number of ether oxygens (including phenoxy) is 2. The van der Waals surface area contributed by atoms with E-state index in [1.54, 1.807) is 6.08 Å². The summed E-state index contributed by atoms with van der Waals surface area (Å²) in [6.07, 6.45) is 68.8. The second-order valence-corrected chi connectivity index (χ2v) is 22.2. The smallest absolute Gasteiger partial charge is 0.220 e. The van der Waals surface area contributed by atoms with E-state index in [0.717, 1.165) is 51.4 Å². The van der Waals surface area contributed by atoms with Crippen molar-refractivity contribution in [3.63, 3.8) is 0 Å². The van der Waals surface area contributed by atoms with Crippen LogP contribution in [0.2, 0.25) is 0 Å². The summed E-state index contributed by atoms with van der Waals surface area (Å²) in [5.74, 6) is -0.189.